The average Bonchev–Trinajstić information content (AvgIpc) is 2.93. The zero-order valence-electron chi connectivity index (χ0n) is 17.2. The van der Waals surface area contributed by atoms with E-state index in [1.165, 1.54) is 11.8 Å². The van der Waals surface area contributed by atoms with E-state index >= 15 is 0 Å². The summed E-state index contributed by atoms with van der Waals surface area (Å²) in [5.41, 5.74) is 8.47. The molecule has 0 radical (unpaired) electrons. The highest BCUT2D eigenvalue weighted by atomic mass is 32.2. The lowest BCUT2D eigenvalue weighted by molar-refractivity contribution is -0.118. The minimum Gasteiger partial charge on any atom is -0.303 e. The van der Waals surface area contributed by atoms with Crippen LogP contribution < -0.4 is 5.43 Å². The van der Waals surface area contributed by atoms with Gasteiger partial charge in [0, 0.05) is 34.5 Å². The molecule has 1 amide bonds. The Hall–Kier alpha value is -3.00. The number of nitrogens with zero attached hydrogens (tertiary/aromatic N) is 5. The minimum atomic E-state index is -0.205. The van der Waals surface area contributed by atoms with E-state index in [9.17, 15) is 4.79 Å². The lowest BCUT2D eigenvalue weighted by atomic mass is 10.2. The van der Waals surface area contributed by atoms with Gasteiger partial charge in [-0.2, -0.15) is 5.10 Å². The van der Waals surface area contributed by atoms with Gasteiger partial charge >= 0.3 is 0 Å². The maximum atomic E-state index is 12.1. The molecule has 0 saturated carbocycles. The molecule has 0 saturated heterocycles. The Kier molecular flexibility index (Phi) is 6.43. The first kappa shape index (κ1) is 20.7. The first-order valence-corrected chi connectivity index (χ1v) is 10.2. The molecule has 7 nitrogen and oxygen atoms in total. The van der Waals surface area contributed by atoms with Crippen molar-refractivity contribution >= 4 is 23.9 Å². The molecule has 1 N–H and O–H groups in total. The van der Waals surface area contributed by atoms with Crippen molar-refractivity contribution in [2.45, 2.75) is 39.8 Å². The number of pyridine rings is 1. The smallest absolute Gasteiger partial charge is 0.250 e. The molecule has 0 spiro atoms. The molecule has 0 aliphatic heterocycles. The second-order valence-corrected chi connectivity index (χ2v) is 7.81. The molecule has 3 aromatic rings. The van der Waals surface area contributed by atoms with Crippen molar-refractivity contribution in [3.63, 3.8) is 0 Å². The first-order valence-electron chi connectivity index (χ1n) is 9.22. The lowest BCUT2D eigenvalue weighted by Gasteiger charge is -2.08. The van der Waals surface area contributed by atoms with Crippen molar-refractivity contribution in [2.75, 3.05) is 5.75 Å². The van der Waals surface area contributed by atoms with E-state index in [0.717, 1.165) is 39.7 Å². The van der Waals surface area contributed by atoms with Crippen molar-refractivity contribution in [2.24, 2.45) is 5.10 Å². The number of carbonyl (C=O) groups excluding carboxylic acids is 1. The molecule has 0 fully saturated rings. The van der Waals surface area contributed by atoms with Crippen molar-refractivity contribution in [3.05, 3.63) is 64.4 Å². The maximum absolute atomic E-state index is 12.1. The van der Waals surface area contributed by atoms with Gasteiger partial charge in [0.1, 0.15) is 5.82 Å². The number of hydrazone groups is 1. The molecule has 29 heavy (non-hydrogen) atoms. The molecular weight excluding hydrogens is 384 g/mol. The third kappa shape index (κ3) is 5.29. The molecule has 8 heteroatoms. The van der Waals surface area contributed by atoms with Crippen LogP contribution in [0.15, 0.2) is 40.7 Å². The lowest BCUT2D eigenvalue weighted by Crippen LogP contribution is -2.19. The monoisotopic (exact) mass is 408 g/mol. The second-order valence-electron chi connectivity index (χ2n) is 6.87. The van der Waals surface area contributed by atoms with E-state index in [0.29, 0.717) is 5.16 Å². The quantitative estimate of drug-likeness (QED) is 0.292. The number of amides is 1. The third-order valence-corrected chi connectivity index (χ3v) is 5.13. The summed E-state index contributed by atoms with van der Waals surface area (Å²) in [6.07, 6.45) is 3.46. The Morgan fingerprint density at radius 2 is 1.86 bits per heavy atom. The van der Waals surface area contributed by atoms with Crippen LogP contribution >= 0.6 is 11.8 Å². The van der Waals surface area contributed by atoms with Crippen LogP contribution in [0, 0.1) is 34.6 Å². The molecule has 0 aliphatic rings. The summed E-state index contributed by atoms with van der Waals surface area (Å²) in [4.78, 5) is 25.2. The SMILES string of the molecule is Cc1ccnc(-n2c(C)cc(/C=N\NC(=O)CSc3nc(C)cc(C)n3)c2C)c1. The summed E-state index contributed by atoms with van der Waals surface area (Å²) in [6.45, 7) is 9.89. The largest absolute Gasteiger partial charge is 0.303 e. The number of aromatic nitrogens is 4. The van der Waals surface area contributed by atoms with Crippen molar-refractivity contribution in [1.82, 2.24) is 24.9 Å². The van der Waals surface area contributed by atoms with Crippen LogP contribution in [0.2, 0.25) is 0 Å². The number of aryl methyl sites for hydroxylation is 4. The number of thioether (sulfide) groups is 1. The maximum Gasteiger partial charge on any atom is 0.250 e. The van der Waals surface area contributed by atoms with Gasteiger partial charge in [0.15, 0.2) is 5.16 Å². The highest BCUT2D eigenvalue weighted by molar-refractivity contribution is 7.99. The Morgan fingerprint density at radius 3 is 2.55 bits per heavy atom. The van der Waals surface area contributed by atoms with E-state index in [4.69, 9.17) is 0 Å². The molecule has 150 valence electrons. The van der Waals surface area contributed by atoms with Crippen molar-refractivity contribution in [3.8, 4) is 5.82 Å². The van der Waals surface area contributed by atoms with Gasteiger partial charge in [-0.25, -0.2) is 20.4 Å². The van der Waals surface area contributed by atoms with Gasteiger partial charge in [-0.3, -0.25) is 4.79 Å². The summed E-state index contributed by atoms with van der Waals surface area (Å²) >= 11 is 1.29. The van der Waals surface area contributed by atoms with Crippen LogP contribution in [0.5, 0.6) is 0 Å². The number of nitrogens with one attached hydrogen (secondary N) is 1. The van der Waals surface area contributed by atoms with Gasteiger partial charge in [0.25, 0.3) is 5.91 Å². The molecule has 3 heterocycles. The molecule has 3 aromatic heterocycles. The highest BCUT2D eigenvalue weighted by Gasteiger charge is 2.11. The van der Waals surface area contributed by atoms with Crippen LogP contribution in [0.4, 0.5) is 0 Å². The van der Waals surface area contributed by atoms with Crippen LogP contribution in [-0.4, -0.2) is 37.4 Å². The van der Waals surface area contributed by atoms with E-state index < -0.39 is 0 Å². The van der Waals surface area contributed by atoms with Crippen molar-refractivity contribution in [1.29, 1.82) is 0 Å². The number of hydrogen-bond donors (Lipinski definition) is 1. The number of hydrogen-bond acceptors (Lipinski definition) is 6. The van der Waals surface area contributed by atoms with Gasteiger partial charge < -0.3 is 4.57 Å². The van der Waals surface area contributed by atoms with Gasteiger partial charge in [-0.1, -0.05) is 11.8 Å². The summed E-state index contributed by atoms with van der Waals surface area (Å²) in [6, 6.07) is 7.93. The Balaban J connectivity index is 1.63. The van der Waals surface area contributed by atoms with Crippen molar-refractivity contribution < 1.29 is 4.79 Å². The molecule has 0 unspecified atom stereocenters. The fourth-order valence-electron chi connectivity index (χ4n) is 3.01. The predicted molar refractivity (Wildman–Crippen MR) is 116 cm³/mol. The van der Waals surface area contributed by atoms with Gasteiger partial charge in [0.2, 0.25) is 0 Å². The Labute approximate surface area is 174 Å². The molecule has 0 aromatic carbocycles. The summed E-state index contributed by atoms with van der Waals surface area (Å²) < 4.78 is 2.07. The Bertz CT molecular complexity index is 1050. The van der Waals surface area contributed by atoms with E-state index in [2.05, 4.69) is 30.0 Å². The summed E-state index contributed by atoms with van der Waals surface area (Å²) in [7, 11) is 0. The minimum absolute atomic E-state index is 0.201. The zero-order chi connectivity index (χ0) is 21.0. The van der Waals surface area contributed by atoms with E-state index in [-0.39, 0.29) is 11.7 Å². The average molecular weight is 409 g/mol. The number of rotatable bonds is 6. The summed E-state index contributed by atoms with van der Waals surface area (Å²) in [5.74, 6) is 0.864. The molecule has 0 atom stereocenters. The van der Waals surface area contributed by atoms with Gasteiger partial charge in [-0.05, 0) is 64.4 Å². The molecule has 0 bridgehead atoms. The molecular formula is C21H24N6OS. The highest BCUT2D eigenvalue weighted by Crippen LogP contribution is 2.19. The van der Waals surface area contributed by atoms with Gasteiger partial charge in [-0.15, -0.1) is 0 Å². The van der Waals surface area contributed by atoms with Gasteiger partial charge in [0.05, 0.1) is 12.0 Å². The van der Waals surface area contributed by atoms with Crippen LogP contribution in [0.3, 0.4) is 0 Å². The zero-order valence-corrected chi connectivity index (χ0v) is 18.0. The fourth-order valence-corrected chi connectivity index (χ4v) is 3.75. The molecule has 0 aliphatic carbocycles. The topological polar surface area (TPSA) is 85.1 Å². The Morgan fingerprint density at radius 1 is 1.14 bits per heavy atom. The number of carbonyl (C=O) groups is 1. The third-order valence-electron chi connectivity index (χ3n) is 4.29. The second kappa shape index (κ2) is 9.00. The predicted octanol–water partition coefficient (Wildman–Crippen LogP) is 3.45. The van der Waals surface area contributed by atoms with Crippen LogP contribution in [0.1, 0.15) is 33.9 Å². The van der Waals surface area contributed by atoms with E-state index in [1.54, 1.807) is 12.4 Å². The van der Waals surface area contributed by atoms with Crippen LogP contribution in [-0.2, 0) is 4.79 Å². The standard InChI is InChI=1S/C21H24N6OS/c1-13-6-7-22-19(8-13)27-16(4)10-18(17(27)5)11-23-26-20(28)12-29-21-24-14(2)9-15(3)25-21/h6-11H,12H2,1-5H3,(H,26,28)/b23-11-. The molecule has 3 rings (SSSR count). The fraction of sp³-hybridized carbons (Fsp3) is 0.286. The summed E-state index contributed by atoms with van der Waals surface area (Å²) in [5, 5.41) is 4.70. The normalized spacial score (nSPS) is 11.2. The van der Waals surface area contributed by atoms with E-state index in [1.807, 2.05) is 58.9 Å². The van der Waals surface area contributed by atoms with Crippen LogP contribution in [0.25, 0.3) is 5.82 Å². The first-order chi connectivity index (χ1) is 13.8.